The molecule has 1 unspecified atom stereocenters. The fraction of sp³-hybridized carbons (Fsp3) is 0.200. The van der Waals surface area contributed by atoms with Crippen molar-refractivity contribution in [1.82, 2.24) is 4.72 Å². The van der Waals surface area contributed by atoms with Gasteiger partial charge in [-0.2, -0.15) is 0 Å². The summed E-state index contributed by atoms with van der Waals surface area (Å²) in [5, 5.41) is 0.540. The van der Waals surface area contributed by atoms with E-state index in [4.69, 9.17) is 23.2 Å². The number of nitrogens with one attached hydrogen (secondary N) is 1. The van der Waals surface area contributed by atoms with E-state index in [2.05, 4.69) is 4.72 Å². The van der Waals surface area contributed by atoms with Crippen LogP contribution in [0.15, 0.2) is 53.4 Å². The van der Waals surface area contributed by atoms with E-state index in [1.54, 1.807) is 0 Å². The summed E-state index contributed by atoms with van der Waals surface area (Å²) >= 11 is 11.7. The van der Waals surface area contributed by atoms with Crippen LogP contribution in [-0.4, -0.2) is 8.42 Å². The van der Waals surface area contributed by atoms with Crippen molar-refractivity contribution in [2.45, 2.75) is 24.3 Å². The van der Waals surface area contributed by atoms with Crippen LogP contribution in [0.2, 0.25) is 10.0 Å². The summed E-state index contributed by atoms with van der Waals surface area (Å²) in [6.45, 7) is 1.93. The van der Waals surface area contributed by atoms with Crippen LogP contribution in [0.1, 0.15) is 24.9 Å². The lowest BCUT2D eigenvalue weighted by molar-refractivity contribution is 0.550. The highest BCUT2D eigenvalue weighted by molar-refractivity contribution is 7.89. The summed E-state index contributed by atoms with van der Waals surface area (Å²) in [7, 11) is -3.65. The average molecular weight is 344 g/mol. The molecule has 112 valence electrons. The average Bonchev–Trinajstić information content (AvgIpc) is 2.48. The van der Waals surface area contributed by atoms with Gasteiger partial charge in [0.05, 0.1) is 14.9 Å². The van der Waals surface area contributed by atoms with Crippen LogP contribution in [0, 0.1) is 0 Å². The molecule has 2 aromatic rings. The maximum atomic E-state index is 12.4. The Labute approximate surface area is 135 Å². The van der Waals surface area contributed by atoms with E-state index >= 15 is 0 Å². The maximum Gasteiger partial charge on any atom is 0.241 e. The standard InChI is InChI=1S/C15H15Cl2NO2S/c1-2-15(11-6-4-3-5-7-11)18-21(19,20)12-8-9-13(16)14(17)10-12/h3-10,15,18H,2H2,1H3. The minimum Gasteiger partial charge on any atom is -0.207 e. The van der Waals surface area contributed by atoms with Crippen molar-refractivity contribution in [3.05, 3.63) is 64.1 Å². The molecule has 0 saturated carbocycles. The molecule has 2 aromatic carbocycles. The summed E-state index contributed by atoms with van der Waals surface area (Å²) in [6, 6.07) is 13.4. The molecule has 0 spiro atoms. The number of hydrogen-bond acceptors (Lipinski definition) is 2. The van der Waals surface area contributed by atoms with Crippen molar-refractivity contribution in [3.63, 3.8) is 0 Å². The van der Waals surface area contributed by atoms with E-state index in [9.17, 15) is 8.42 Å². The highest BCUT2D eigenvalue weighted by Gasteiger charge is 2.20. The summed E-state index contributed by atoms with van der Waals surface area (Å²) in [5.41, 5.74) is 0.920. The monoisotopic (exact) mass is 343 g/mol. The summed E-state index contributed by atoms with van der Waals surface area (Å²) < 4.78 is 27.5. The Balaban J connectivity index is 2.29. The summed E-state index contributed by atoms with van der Waals surface area (Å²) in [4.78, 5) is 0.103. The molecular weight excluding hydrogens is 329 g/mol. The summed E-state index contributed by atoms with van der Waals surface area (Å²) in [6.07, 6.45) is 0.643. The van der Waals surface area contributed by atoms with E-state index in [1.807, 2.05) is 37.3 Å². The van der Waals surface area contributed by atoms with Gasteiger partial charge in [0.2, 0.25) is 10.0 Å². The van der Waals surface area contributed by atoms with Crippen molar-refractivity contribution in [2.75, 3.05) is 0 Å². The van der Waals surface area contributed by atoms with Gasteiger partial charge in [-0.1, -0.05) is 60.5 Å². The second kappa shape index (κ2) is 6.79. The van der Waals surface area contributed by atoms with Gasteiger partial charge < -0.3 is 0 Å². The molecule has 0 aliphatic heterocycles. The zero-order chi connectivity index (χ0) is 15.5. The molecule has 0 amide bonds. The fourth-order valence-corrected chi connectivity index (χ4v) is 3.67. The number of rotatable bonds is 5. The fourth-order valence-electron chi connectivity index (χ4n) is 1.97. The van der Waals surface area contributed by atoms with Crippen molar-refractivity contribution in [1.29, 1.82) is 0 Å². The van der Waals surface area contributed by atoms with Crippen molar-refractivity contribution >= 4 is 33.2 Å². The molecule has 2 rings (SSSR count). The van der Waals surface area contributed by atoms with Gasteiger partial charge in [0.15, 0.2) is 0 Å². The normalized spacial score (nSPS) is 13.1. The van der Waals surface area contributed by atoms with Crippen LogP contribution in [0.25, 0.3) is 0 Å². The minimum atomic E-state index is -3.65. The SMILES string of the molecule is CCC(NS(=O)(=O)c1ccc(Cl)c(Cl)c1)c1ccccc1. The molecule has 21 heavy (non-hydrogen) atoms. The van der Waals surface area contributed by atoms with Gasteiger partial charge in [0.25, 0.3) is 0 Å². The lowest BCUT2D eigenvalue weighted by atomic mass is 10.1. The predicted octanol–water partition coefficient (Wildman–Crippen LogP) is 4.42. The maximum absolute atomic E-state index is 12.4. The largest absolute Gasteiger partial charge is 0.241 e. The van der Waals surface area contributed by atoms with E-state index in [-0.39, 0.29) is 16.0 Å². The topological polar surface area (TPSA) is 46.2 Å². The van der Waals surface area contributed by atoms with Gasteiger partial charge in [-0.3, -0.25) is 0 Å². The minimum absolute atomic E-state index is 0.103. The van der Waals surface area contributed by atoms with Gasteiger partial charge in [0.1, 0.15) is 0 Å². The highest BCUT2D eigenvalue weighted by Crippen LogP contribution is 2.26. The Kier molecular flexibility index (Phi) is 5.27. The number of benzene rings is 2. The molecule has 6 heteroatoms. The Morgan fingerprint density at radius 3 is 2.29 bits per heavy atom. The first-order valence-electron chi connectivity index (χ1n) is 6.46. The molecule has 0 saturated heterocycles. The molecule has 0 heterocycles. The van der Waals surface area contributed by atoms with E-state index in [0.29, 0.717) is 11.4 Å². The smallest absolute Gasteiger partial charge is 0.207 e. The van der Waals surface area contributed by atoms with Gasteiger partial charge in [0, 0.05) is 6.04 Å². The van der Waals surface area contributed by atoms with Gasteiger partial charge in [-0.05, 0) is 30.2 Å². The molecule has 0 aromatic heterocycles. The third-order valence-corrected chi connectivity index (χ3v) is 5.32. The first-order valence-corrected chi connectivity index (χ1v) is 8.70. The van der Waals surface area contributed by atoms with Crippen LogP contribution in [0.5, 0.6) is 0 Å². The lowest BCUT2D eigenvalue weighted by Crippen LogP contribution is -2.28. The molecule has 0 aliphatic carbocycles. The molecule has 0 aliphatic rings. The molecule has 1 atom stereocenters. The number of sulfonamides is 1. The molecule has 3 nitrogen and oxygen atoms in total. The van der Waals surface area contributed by atoms with E-state index in [1.165, 1.54) is 18.2 Å². The van der Waals surface area contributed by atoms with Crippen LogP contribution >= 0.6 is 23.2 Å². The summed E-state index contributed by atoms with van der Waals surface area (Å²) in [5.74, 6) is 0. The zero-order valence-corrected chi connectivity index (χ0v) is 13.7. The van der Waals surface area contributed by atoms with Crippen LogP contribution < -0.4 is 4.72 Å². The number of hydrogen-bond donors (Lipinski definition) is 1. The molecule has 0 bridgehead atoms. The Morgan fingerprint density at radius 2 is 1.71 bits per heavy atom. The van der Waals surface area contributed by atoms with Gasteiger partial charge in [-0.25, -0.2) is 13.1 Å². The van der Waals surface area contributed by atoms with Gasteiger partial charge >= 0.3 is 0 Å². The Bertz CT molecular complexity index is 718. The van der Waals surface area contributed by atoms with Crippen LogP contribution in [0.4, 0.5) is 0 Å². The van der Waals surface area contributed by atoms with Crippen LogP contribution in [0.3, 0.4) is 0 Å². The molecular formula is C15H15Cl2NO2S. The quantitative estimate of drug-likeness (QED) is 0.873. The molecule has 0 fully saturated rings. The van der Waals surface area contributed by atoms with Crippen molar-refractivity contribution in [3.8, 4) is 0 Å². The second-order valence-corrected chi connectivity index (χ2v) is 7.10. The second-order valence-electron chi connectivity index (χ2n) is 4.57. The Morgan fingerprint density at radius 1 is 1.05 bits per heavy atom. The number of halogens is 2. The first-order chi connectivity index (χ1) is 9.94. The van der Waals surface area contributed by atoms with E-state index in [0.717, 1.165) is 5.56 Å². The molecule has 0 radical (unpaired) electrons. The van der Waals surface area contributed by atoms with Crippen molar-refractivity contribution < 1.29 is 8.42 Å². The van der Waals surface area contributed by atoms with Crippen molar-refractivity contribution in [2.24, 2.45) is 0 Å². The molecule has 1 N–H and O–H groups in total. The first kappa shape index (κ1) is 16.3. The van der Waals surface area contributed by atoms with Crippen LogP contribution in [-0.2, 0) is 10.0 Å². The Hall–Kier alpha value is -1.07. The third kappa shape index (κ3) is 3.98. The van der Waals surface area contributed by atoms with Gasteiger partial charge in [-0.15, -0.1) is 0 Å². The predicted molar refractivity (Wildman–Crippen MR) is 86.3 cm³/mol. The highest BCUT2D eigenvalue weighted by atomic mass is 35.5. The lowest BCUT2D eigenvalue weighted by Gasteiger charge is -2.17. The van der Waals surface area contributed by atoms with E-state index < -0.39 is 10.0 Å². The zero-order valence-electron chi connectivity index (χ0n) is 11.4. The third-order valence-electron chi connectivity index (χ3n) is 3.11.